The fourth-order valence-electron chi connectivity index (χ4n) is 4.81. The van der Waals surface area contributed by atoms with E-state index in [0.717, 1.165) is 83.8 Å². The number of unbranched alkanes of at least 4 members (excludes halogenated alkanes) is 1. The number of ether oxygens (including phenoxy) is 2. The highest BCUT2D eigenvalue weighted by Crippen LogP contribution is 2.20. The lowest BCUT2D eigenvalue weighted by Gasteiger charge is -2.29. The molecule has 1 aliphatic carbocycles. The Kier molecular flexibility index (Phi) is 10.6. The quantitative estimate of drug-likeness (QED) is 0.275. The molecule has 0 aromatic carbocycles. The van der Waals surface area contributed by atoms with Crippen molar-refractivity contribution in [1.82, 2.24) is 15.1 Å². The van der Waals surface area contributed by atoms with Gasteiger partial charge in [0.25, 0.3) is 0 Å². The summed E-state index contributed by atoms with van der Waals surface area (Å²) in [6.07, 6.45) is 12.1. The van der Waals surface area contributed by atoms with Crippen LogP contribution in [0.15, 0.2) is 4.99 Å². The van der Waals surface area contributed by atoms with E-state index in [1.54, 1.807) is 0 Å². The van der Waals surface area contributed by atoms with E-state index in [1.165, 1.54) is 51.5 Å². The van der Waals surface area contributed by atoms with Crippen molar-refractivity contribution in [1.29, 1.82) is 0 Å². The zero-order chi connectivity index (χ0) is 20.2. The van der Waals surface area contributed by atoms with Crippen LogP contribution in [0, 0.1) is 5.92 Å². The van der Waals surface area contributed by atoms with Crippen LogP contribution in [0.1, 0.15) is 64.7 Å². The Labute approximate surface area is 178 Å². The van der Waals surface area contributed by atoms with Crippen LogP contribution in [0.2, 0.25) is 0 Å². The second kappa shape index (κ2) is 13.5. The van der Waals surface area contributed by atoms with E-state index >= 15 is 0 Å². The molecule has 3 rings (SSSR count). The Bertz CT molecular complexity index is 460. The van der Waals surface area contributed by atoms with Crippen molar-refractivity contribution >= 4 is 5.96 Å². The maximum absolute atomic E-state index is 6.12. The molecule has 29 heavy (non-hydrogen) atoms. The number of likely N-dealkylation sites (tertiary alicyclic amines) is 1. The topological polar surface area (TPSA) is 49.3 Å². The van der Waals surface area contributed by atoms with E-state index in [0.29, 0.717) is 6.10 Å². The van der Waals surface area contributed by atoms with Gasteiger partial charge in [-0.3, -0.25) is 9.89 Å². The van der Waals surface area contributed by atoms with Gasteiger partial charge in [0.1, 0.15) is 0 Å². The number of hydrogen-bond donors (Lipinski definition) is 1. The van der Waals surface area contributed by atoms with Gasteiger partial charge >= 0.3 is 0 Å². The molecule has 2 heterocycles. The van der Waals surface area contributed by atoms with Crippen molar-refractivity contribution in [2.45, 2.75) is 70.8 Å². The van der Waals surface area contributed by atoms with E-state index in [9.17, 15) is 0 Å². The molecule has 0 aromatic rings. The third-order valence-electron chi connectivity index (χ3n) is 6.51. The smallest absolute Gasteiger partial charge is 0.193 e. The molecule has 0 bridgehead atoms. The Hall–Kier alpha value is -0.850. The molecular weight excluding hydrogens is 364 g/mol. The molecule has 0 amide bonds. The first-order valence-corrected chi connectivity index (χ1v) is 12.3. The second-order valence-corrected chi connectivity index (χ2v) is 8.94. The standard InChI is InChI=1S/C23H44N4O2/c1-2-24-23(25-12-7-8-16-29-22-9-5-3-4-6-10-22)27-13-11-21(20-27)19-26-14-17-28-18-15-26/h21-22H,2-20H2,1H3,(H,24,25). The van der Waals surface area contributed by atoms with E-state index < -0.39 is 0 Å². The molecule has 0 spiro atoms. The first kappa shape index (κ1) is 22.8. The van der Waals surface area contributed by atoms with Crippen molar-refractivity contribution < 1.29 is 9.47 Å². The molecule has 168 valence electrons. The third kappa shape index (κ3) is 8.42. The minimum absolute atomic E-state index is 0.520. The van der Waals surface area contributed by atoms with Gasteiger partial charge in [-0.05, 0) is 44.9 Å². The Morgan fingerprint density at radius 3 is 2.59 bits per heavy atom. The van der Waals surface area contributed by atoms with E-state index in [1.807, 2.05) is 0 Å². The van der Waals surface area contributed by atoms with Crippen LogP contribution in [0.3, 0.4) is 0 Å². The summed E-state index contributed by atoms with van der Waals surface area (Å²) in [5, 5.41) is 3.51. The number of nitrogens with zero attached hydrogens (tertiary/aromatic N) is 3. The van der Waals surface area contributed by atoms with Crippen LogP contribution in [-0.4, -0.2) is 87.5 Å². The average Bonchev–Trinajstić information content (AvgIpc) is 3.04. The first-order valence-electron chi connectivity index (χ1n) is 12.3. The molecule has 3 aliphatic rings. The molecule has 1 N–H and O–H groups in total. The molecule has 1 unspecified atom stereocenters. The number of guanidine groups is 1. The molecule has 3 fully saturated rings. The maximum atomic E-state index is 6.12. The molecule has 2 saturated heterocycles. The van der Waals surface area contributed by atoms with Gasteiger partial charge in [-0.15, -0.1) is 0 Å². The van der Waals surface area contributed by atoms with Crippen LogP contribution in [0.4, 0.5) is 0 Å². The summed E-state index contributed by atoms with van der Waals surface area (Å²) in [7, 11) is 0. The summed E-state index contributed by atoms with van der Waals surface area (Å²) in [5.74, 6) is 1.87. The number of rotatable bonds is 9. The lowest BCUT2D eigenvalue weighted by molar-refractivity contribution is 0.0315. The van der Waals surface area contributed by atoms with Crippen LogP contribution in [-0.2, 0) is 9.47 Å². The minimum Gasteiger partial charge on any atom is -0.379 e. The van der Waals surface area contributed by atoms with Crippen LogP contribution in [0.25, 0.3) is 0 Å². The summed E-state index contributed by atoms with van der Waals surface area (Å²) in [5.41, 5.74) is 0. The van der Waals surface area contributed by atoms with Gasteiger partial charge in [0.2, 0.25) is 0 Å². The Balaban J connectivity index is 1.32. The lowest BCUT2D eigenvalue weighted by Crippen LogP contribution is -2.42. The highest BCUT2D eigenvalue weighted by atomic mass is 16.5. The second-order valence-electron chi connectivity index (χ2n) is 8.94. The SMILES string of the molecule is CCNC(=NCCCCOC1CCCCCC1)N1CCC(CN2CCOCC2)C1. The Morgan fingerprint density at radius 2 is 1.83 bits per heavy atom. The van der Waals surface area contributed by atoms with E-state index in [2.05, 4.69) is 22.0 Å². The molecule has 2 aliphatic heterocycles. The number of aliphatic imine (C=N–C) groups is 1. The predicted molar refractivity (Wildman–Crippen MR) is 120 cm³/mol. The largest absolute Gasteiger partial charge is 0.379 e. The van der Waals surface area contributed by atoms with Crippen molar-refractivity contribution in [3.8, 4) is 0 Å². The van der Waals surface area contributed by atoms with Crippen molar-refractivity contribution in [3.63, 3.8) is 0 Å². The third-order valence-corrected chi connectivity index (χ3v) is 6.51. The fourth-order valence-corrected chi connectivity index (χ4v) is 4.81. The first-order chi connectivity index (χ1) is 14.3. The highest BCUT2D eigenvalue weighted by molar-refractivity contribution is 5.80. The van der Waals surface area contributed by atoms with Gasteiger partial charge in [0.15, 0.2) is 5.96 Å². The summed E-state index contributed by atoms with van der Waals surface area (Å²) >= 11 is 0. The zero-order valence-electron chi connectivity index (χ0n) is 18.7. The van der Waals surface area contributed by atoms with E-state index in [4.69, 9.17) is 14.5 Å². The molecule has 1 atom stereocenters. The number of morpholine rings is 1. The molecule has 0 radical (unpaired) electrons. The summed E-state index contributed by atoms with van der Waals surface area (Å²) in [4.78, 5) is 9.95. The van der Waals surface area contributed by atoms with Gasteiger partial charge in [0.05, 0.1) is 19.3 Å². The van der Waals surface area contributed by atoms with Gasteiger partial charge in [-0.1, -0.05) is 25.7 Å². The maximum Gasteiger partial charge on any atom is 0.193 e. The van der Waals surface area contributed by atoms with Crippen molar-refractivity contribution in [2.24, 2.45) is 10.9 Å². The molecular formula is C23H44N4O2. The van der Waals surface area contributed by atoms with Crippen LogP contribution < -0.4 is 5.32 Å². The van der Waals surface area contributed by atoms with E-state index in [-0.39, 0.29) is 0 Å². The van der Waals surface area contributed by atoms with Crippen LogP contribution in [0.5, 0.6) is 0 Å². The van der Waals surface area contributed by atoms with Crippen molar-refractivity contribution in [3.05, 3.63) is 0 Å². The summed E-state index contributed by atoms with van der Waals surface area (Å²) < 4.78 is 11.6. The van der Waals surface area contributed by atoms with Crippen LogP contribution >= 0.6 is 0 Å². The molecule has 6 heteroatoms. The van der Waals surface area contributed by atoms with Gasteiger partial charge < -0.3 is 19.7 Å². The van der Waals surface area contributed by atoms with Gasteiger partial charge in [-0.25, -0.2) is 0 Å². The van der Waals surface area contributed by atoms with Gasteiger partial charge in [0, 0.05) is 52.4 Å². The van der Waals surface area contributed by atoms with Gasteiger partial charge in [-0.2, -0.15) is 0 Å². The minimum atomic E-state index is 0.520. The molecule has 1 saturated carbocycles. The molecule has 0 aromatic heterocycles. The normalized spacial score (nSPS) is 25.3. The monoisotopic (exact) mass is 408 g/mol. The summed E-state index contributed by atoms with van der Waals surface area (Å²) in [6.45, 7) is 12.4. The predicted octanol–water partition coefficient (Wildman–Crippen LogP) is 3.13. The Morgan fingerprint density at radius 1 is 1.03 bits per heavy atom. The number of nitrogens with one attached hydrogen (secondary N) is 1. The number of hydrogen-bond acceptors (Lipinski definition) is 4. The van der Waals surface area contributed by atoms with Crippen molar-refractivity contribution in [2.75, 3.05) is 65.6 Å². The highest BCUT2D eigenvalue weighted by Gasteiger charge is 2.27. The average molecular weight is 409 g/mol. The molecule has 6 nitrogen and oxygen atoms in total. The zero-order valence-corrected chi connectivity index (χ0v) is 18.7. The lowest BCUT2D eigenvalue weighted by atomic mass is 10.1. The summed E-state index contributed by atoms with van der Waals surface area (Å²) in [6, 6.07) is 0. The fraction of sp³-hybridized carbons (Fsp3) is 0.957.